The Labute approximate surface area is 126 Å². The number of likely N-dealkylation sites (N-methyl/N-ethyl adjacent to an activating group) is 1. The highest BCUT2D eigenvalue weighted by atomic mass is 16.4. The summed E-state index contributed by atoms with van der Waals surface area (Å²) in [6.45, 7) is 4.18. The van der Waals surface area contributed by atoms with Gasteiger partial charge in [-0.2, -0.15) is 0 Å². The maximum Gasteiger partial charge on any atom is 0.329 e. The summed E-state index contributed by atoms with van der Waals surface area (Å²) in [6.07, 6.45) is 4.88. The minimum absolute atomic E-state index is 0.219. The smallest absolute Gasteiger partial charge is 0.329 e. The Morgan fingerprint density at radius 2 is 2.10 bits per heavy atom. The molecule has 2 aliphatic rings. The zero-order valence-corrected chi connectivity index (χ0v) is 13.1. The quantitative estimate of drug-likeness (QED) is 0.807. The van der Waals surface area contributed by atoms with Crippen LogP contribution < -0.4 is 5.32 Å². The van der Waals surface area contributed by atoms with Crippen LogP contribution in [-0.2, 0) is 4.79 Å². The summed E-state index contributed by atoms with van der Waals surface area (Å²) in [5.74, 6) is -0.866. The van der Waals surface area contributed by atoms with Crippen molar-refractivity contribution in [3.05, 3.63) is 0 Å². The molecule has 2 fully saturated rings. The van der Waals surface area contributed by atoms with E-state index >= 15 is 0 Å². The zero-order valence-electron chi connectivity index (χ0n) is 13.1. The number of nitrogens with zero attached hydrogens (tertiary/aromatic N) is 2. The zero-order chi connectivity index (χ0) is 15.5. The van der Waals surface area contributed by atoms with Gasteiger partial charge < -0.3 is 20.2 Å². The second-order valence-corrected chi connectivity index (χ2v) is 6.30. The van der Waals surface area contributed by atoms with Crippen molar-refractivity contribution >= 4 is 12.0 Å². The molecule has 0 spiro atoms. The van der Waals surface area contributed by atoms with Crippen LogP contribution in [0.3, 0.4) is 0 Å². The van der Waals surface area contributed by atoms with Crippen molar-refractivity contribution in [2.45, 2.75) is 57.0 Å². The second-order valence-electron chi connectivity index (χ2n) is 6.30. The molecule has 21 heavy (non-hydrogen) atoms. The van der Waals surface area contributed by atoms with Gasteiger partial charge >= 0.3 is 12.0 Å². The van der Waals surface area contributed by atoms with Gasteiger partial charge in [0.2, 0.25) is 0 Å². The monoisotopic (exact) mass is 297 g/mol. The number of aliphatic carboxylic acids is 1. The Balaban J connectivity index is 1.98. The third kappa shape index (κ3) is 3.15. The van der Waals surface area contributed by atoms with Crippen molar-refractivity contribution in [2.75, 3.05) is 26.7 Å². The number of nitrogens with one attached hydrogen (secondary N) is 1. The number of amides is 2. The summed E-state index contributed by atoms with van der Waals surface area (Å²) in [5.41, 5.74) is -1.000. The fourth-order valence-corrected chi connectivity index (χ4v) is 3.72. The molecule has 2 N–H and O–H groups in total. The van der Waals surface area contributed by atoms with E-state index in [9.17, 15) is 14.7 Å². The average Bonchev–Trinajstić information content (AvgIpc) is 3.04. The molecule has 120 valence electrons. The summed E-state index contributed by atoms with van der Waals surface area (Å²) >= 11 is 0. The molecule has 0 bridgehead atoms. The van der Waals surface area contributed by atoms with E-state index in [1.54, 1.807) is 4.90 Å². The molecule has 0 radical (unpaired) electrons. The SMILES string of the molecule is CCCC1(C(=O)O)CCCN1C(=O)NCC1CCCN1C. The Hall–Kier alpha value is -1.30. The highest BCUT2D eigenvalue weighted by Crippen LogP contribution is 2.34. The fraction of sp³-hybridized carbons (Fsp3) is 0.867. The van der Waals surface area contributed by atoms with E-state index < -0.39 is 11.5 Å². The van der Waals surface area contributed by atoms with E-state index in [1.807, 2.05) is 6.92 Å². The number of hydrogen-bond acceptors (Lipinski definition) is 3. The van der Waals surface area contributed by atoms with E-state index in [2.05, 4.69) is 17.3 Å². The Morgan fingerprint density at radius 3 is 2.67 bits per heavy atom. The summed E-state index contributed by atoms with van der Waals surface area (Å²) in [6, 6.07) is 0.158. The topological polar surface area (TPSA) is 72.9 Å². The number of urea groups is 1. The maximum absolute atomic E-state index is 12.4. The van der Waals surface area contributed by atoms with Crippen LogP contribution in [0.4, 0.5) is 4.79 Å². The molecule has 6 nitrogen and oxygen atoms in total. The van der Waals surface area contributed by atoms with Crippen LogP contribution in [0.25, 0.3) is 0 Å². The predicted molar refractivity (Wildman–Crippen MR) is 80.3 cm³/mol. The molecule has 2 unspecified atom stereocenters. The van der Waals surface area contributed by atoms with Crippen LogP contribution in [0.15, 0.2) is 0 Å². The van der Waals surface area contributed by atoms with Gasteiger partial charge in [0.15, 0.2) is 0 Å². The number of likely N-dealkylation sites (tertiary alicyclic amines) is 2. The number of carbonyl (C=O) groups excluding carboxylic acids is 1. The lowest BCUT2D eigenvalue weighted by molar-refractivity contribution is -0.148. The summed E-state index contributed by atoms with van der Waals surface area (Å²) in [5, 5.41) is 12.6. The van der Waals surface area contributed by atoms with Gasteiger partial charge in [-0.25, -0.2) is 9.59 Å². The third-order valence-corrected chi connectivity index (χ3v) is 4.96. The van der Waals surface area contributed by atoms with Gasteiger partial charge in [-0.15, -0.1) is 0 Å². The maximum atomic E-state index is 12.4. The van der Waals surface area contributed by atoms with E-state index in [0.29, 0.717) is 32.0 Å². The van der Waals surface area contributed by atoms with Crippen molar-refractivity contribution in [3.8, 4) is 0 Å². The van der Waals surface area contributed by atoms with E-state index in [0.717, 1.165) is 32.2 Å². The number of hydrogen-bond donors (Lipinski definition) is 2. The van der Waals surface area contributed by atoms with Crippen LogP contribution in [-0.4, -0.2) is 65.2 Å². The molecule has 2 aliphatic heterocycles. The second kappa shape index (κ2) is 6.64. The fourth-order valence-electron chi connectivity index (χ4n) is 3.72. The molecule has 0 saturated carbocycles. The first-order valence-corrected chi connectivity index (χ1v) is 8.00. The molecule has 2 atom stereocenters. The van der Waals surface area contributed by atoms with Crippen molar-refractivity contribution in [1.82, 2.24) is 15.1 Å². The number of carbonyl (C=O) groups is 2. The first kappa shape index (κ1) is 16.1. The normalized spacial score (nSPS) is 29.8. The molecule has 2 rings (SSSR count). The third-order valence-electron chi connectivity index (χ3n) is 4.96. The lowest BCUT2D eigenvalue weighted by Crippen LogP contribution is -2.56. The van der Waals surface area contributed by atoms with Crippen LogP contribution >= 0.6 is 0 Å². The molecule has 2 amide bonds. The molecule has 0 aromatic heterocycles. The first-order chi connectivity index (χ1) is 10.0. The predicted octanol–water partition coefficient (Wildman–Crippen LogP) is 1.51. The largest absolute Gasteiger partial charge is 0.479 e. The Bertz CT molecular complexity index is 402. The van der Waals surface area contributed by atoms with Crippen LogP contribution in [0, 0.1) is 0 Å². The van der Waals surface area contributed by atoms with E-state index in [1.165, 1.54) is 0 Å². The number of rotatable bonds is 5. The van der Waals surface area contributed by atoms with E-state index in [-0.39, 0.29) is 6.03 Å². The standard InChI is InChI=1S/C15H27N3O3/c1-3-7-15(13(19)20)8-5-10-18(15)14(21)16-11-12-6-4-9-17(12)2/h12H,3-11H2,1-2H3,(H,16,21)(H,19,20). The molecular formula is C15H27N3O3. The molecule has 6 heteroatoms. The van der Waals surface area contributed by atoms with Gasteiger partial charge in [0.05, 0.1) is 0 Å². The lowest BCUT2D eigenvalue weighted by atomic mass is 9.91. The Kier molecular flexibility index (Phi) is 5.08. The van der Waals surface area contributed by atoms with Crippen LogP contribution in [0.1, 0.15) is 45.4 Å². The summed E-state index contributed by atoms with van der Waals surface area (Å²) in [7, 11) is 2.07. The van der Waals surface area contributed by atoms with Crippen molar-refractivity contribution < 1.29 is 14.7 Å². The highest BCUT2D eigenvalue weighted by molar-refractivity contribution is 5.87. The molecule has 2 heterocycles. The van der Waals surface area contributed by atoms with Gasteiger partial charge in [-0.3, -0.25) is 0 Å². The van der Waals surface area contributed by atoms with Gasteiger partial charge in [0.1, 0.15) is 5.54 Å². The number of carboxylic acid groups (broad SMARTS) is 1. The minimum atomic E-state index is -1.000. The molecule has 2 saturated heterocycles. The summed E-state index contributed by atoms with van der Waals surface area (Å²) in [4.78, 5) is 27.9. The number of carboxylic acids is 1. The van der Waals surface area contributed by atoms with Gasteiger partial charge in [-0.1, -0.05) is 13.3 Å². The molecule has 0 aromatic carbocycles. The van der Waals surface area contributed by atoms with Crippen molar-refractivity contribution in [2.24, 2.45) is 0 Å². The van der Waals surface area contributed by atoms with Crippen molar-refractivity contribution in [3.63, 3.8) is 0 Å². The van der Waals surface area contributed by atoms with Gasteiger partial charge in [0, 0.05) is 19.1 Å². The van der Waals surface area contributed by atoms with E-state index in [4.69, 9.17) is 0 Å². The molecular weight excluding hydrogens is 270 g/mol. The molecule has 0 aliphatic carbocycles. The average molecular weight is 297 g/mol. The molecule has 0 aromatic rings. The lowest BCUT2D eigenvalue weighted by Gasteiger charge is -2.35. The highest BCUT2D eigenvalue weighted by Gasteiger charge is 2.49. The van der Waals surface area contributed by atoms with Gasteiger partial charge in [-0.05, 0) is 45.7 Å². The summed E-state index contributed by atoms with van der Waals surface area (Å²) < 4.78 is 0. The first-order valence-electron chi connectivity index (χ1n) is 8.00. The Morgan fingerprint density at radius 1 is 1.33 bits per heavy atom. The van der Waals surface area contributed by atoms with Crippen LogP contribution in [0.2, 0.25) is 0 Å². The van der Waals surface area contributed by atoms with Crippen molar-refractivity contribution in [1.29, 1.82) is 0 Å². The van der Waals surface area contributed by atoms with Crippen LogP contribution in [0.5, 0.6) is 0 Å². The van der Waals surface area contributed by atoms with Gasteiger partial charge in [0.25, 0.3) is 0 Å². The minimum Gasteiger partial charge on any atom is -0.479 e.